The summed E-state index contributed by atoms with van der Waals surface area (Å²) in [7, 11) is 0. The van der Waals surface area contributed by atoms with Crippen molar-refractivity contribution < 1.29 is 24.0 Å². The van der Waals surface area contributed by atoms with E-state index in [0.717, 1.165) is 6.07 Å². The molecule has 0 saturated heterocycles. The van der Waals surface area contributed by atoms with E-state index in [1.807, 2.05) is 6.07 Å². The van der Waals surface area contributed by atoms with E-state index in [2.05, 4.69) is 5.32 Å². The predicted molar refractivity (Wildman–Crippen MR) is 123 cm³/mol. The van der Waals surface area contributed by atoms with Crippen LogP contribution < -0.4 is 10.1 Å². The Kier molecular flexibility index (Phi) is 7.26. The molecule has 3 aromatic rings. The van der Waals surface area contributed by atoms with Crippen molar-refractivity contribution in [3.05, 3.63) is 105 Å². The van der Waals surface area contributed by atoms with Crippen LogP contribution in [0.15, 0.2) is 78.4 Å². The molecule has 0 bridgehead atoms. The van der Waals surface area contributed by atoms with Gasteiger partial charge in [-0.25, -0.2) is 4.79 Å². The van der Waals surface area contributed by atoms with Crippen molar-refractivity contribution in [2.24, 2.45) is 0 Å². The van der Waals surface area contributed by atoms with Crippen molar-refractivity contribution in [3.63, 3.8) is 0 Å². The second-order valence-corrected chi connectivity index (χ2v) is 6.99. The Bertz CT molecular complexity index is 1350. The molecule has 0 spiro atoms. The van der Waals surface area contributed by atoms with Crippen LogP contribution in [-0.4, -0.2) is 22.6 Å². The van der Waals surface area contributed by atoms with Gasteiger partial charge in [-0.15, -0.1) is 0 Å². The van der Waals surface area contributed by atoms with Gasteiger partial charge >= 0.3 is 5.97 Å². The van der Waals surface area contributed by atoms with E-state index < -0.39 is 16.8 Å². The van der Waals surface area contributed by atoms with Gasteiger partial charge in [0.15, 0.2) is 5.78 Å². The van der Waals surface area contributed by atoms with Crippen LogP contribution in [0, 0.1) is 21.4 Å². The minimum Gasteiger partial charge on any atom is -0.423 e. The van der Waals surface area contributed by atoms with Crippen LogP contribution >= 0.6 is 0 Å². The number of carbonyl (C=O) groups excluding carboxylic acids is 3. The van der Waals surface area contributed by atoms with Gasteiger partial charge in [-0.1, -0.05) is 30.3 Å². The van der Waals surface area contributed by atoms with E-state index in [9.17, 15) is 29.8 Å². The highest BCUT2D eigenvalue weighted by Crippen LogP contribution is 2.20. The summed E-state index contributed by atoms with van der Waals surface area (Å²) in [6, 6.07) is 19.4. The summed E-state index contributed by atoms with van der Waals surface area (Å²) in [5, 5.41) is 22.8. The molecule has 0 unspecified atom stereocenters. The molecule has 0 radical (unpaired) electrons. The highest BCUT2D eigenvalue weighted by Gasteiger charge is 2.15. The fourth-order valence-electron chi connectivity index (χ4n) is 2.95. The number of rotatable bonds is 7. The quantitative estimate of drug-likeness (QED) is 0.105. The molecular weight excluding hydrogens is 438 g/mol. The molecule has 0 fully saturated rings. The summed E-state index contributed by atoms with van der Waals surface area (Å²) in [5.74, 6) is -1.51. The zero-order chi connectivity index (χ0) is 24.7. The molecule has 1 amide bonds. The van der Waals surface area contributed by atoms with Crippen molar-refractivity contribution in [1.29, 1.82) is 5.26 Å². The summed E-state index contributed by atoms with van der Waals surface area (Å²) in [6.07, 6.45) is 1.35. The summed E-state index contributed by atoms with van der Waals surface area (Å²) in [5.41, 5.74) is 0.699. The van der Waals surface area contributed by atoms with E-state index in [4.69, 9.17) is 4.74 Å². The van der Waals surface area contributed by atoms with Crippen molar-refractivity contribution in [2.45, 2.75) is 6.92 Å². The topological polar surface area (TPSA) is 139 Å². The molecular formula is C25H17N3O6. The molecule has 34 heavy (non-hydrogen) atoms. The maximum atomic E-state index is 12.5. The Hall–Kier alpha value is -5.10. The third kappa shape index (κ3) is 5.77. The number of nitrogens with one attached hydrogen (secondary N) is 1. The Morgan fingerprint density at radius 2 is 1.74 bits per heavy atom. The van der Waals surface area contributed by atoms with Crippen molar-refractivity contribution in [3.8, 4) is 11.8 Å². The molecule has 1 N–H and O–H groups in total. The lowest BCUT2D eigenvalue weighted by molar-refractivity contribution is -0.384. The number of non-ortho nitro benzene ring substituents is 1. The minimum atomic E-state index is -0.770. The van der Waals surface area contributed by atoms with Crippen molar-refractivity contribution in [1.82, 2.24) is 0 Å². The normalized spacial score (nSPS) is 10.6. The molecule has 0 heterocycles. The summed E-state index contributed by atoms with van der Waals surface area (Å²) in [6.45, 7) is 1.37. The van der Waals surface area contributed by atoms with Gasteiger partial charge in [0.05, 0.1) is 16.2 Å². The molecule has 168 valence electrons. The van der Waals surface area contributed by atoms with Gasteiger partial charge in [0.25, 0.3) is 11.6 Å². The molecule has 3 aromatic carbocycles. The van der Waals surface area contributed by atoms with E-state index in [1.54, 1.807) is 24.3 Å². The number of carbonyl (C=O) groups is 3. The molecule has 0 atom stereocenters. The number of hydrogen-bond acceptors (Lipinski definition) is 7. The van der Waals surface area contributed by atoms with Gasteiger partial charge in [0, 0.05) is 17.7 Å². The molecule has 0 aromatic heterocycles. The number of hydrogen-bond donors (Lipinski definition) is 1. The smallest absolute Gasteiger partial charge is 0.343 e. The molecule has 3 rings (SSSR count). The van der Waals surface area contributed by atoms with Crippen molar-refractivity contribution >= 4 is 35.1 Å². The number of ketones is 1. The molecule has 9 nitrogen and oxygen atoms in total. The molecule has 0 aliphatic heterocycles. The van der Waals surface area contributed by atoms with Crippen LogP contribution in [0.4, 0.5) is 11.4 Å². The second kappa shape index (κ2) is 10.5. The standard InChI is InChI=1S/C25H17N3O6/c1-16(29)22-7-2-3-8-23(22)27-24(30)19(15-26)13-17-9-11-21(12-10-17)34-25(31)18-5-4-6-20(14-18)28(32)33/h2-14H,1H3,(H,27,30)/b19-13-. The lowest BCUT2D eigenvalue weighted by Crippen LogP contribution is -2.15. The van der Waals surface area contributed by atoms with Gasteiger partial charge < -0.3 is 10.1 Å². The number of amides is 1. The first kappa shape index (κ1) is 23.6. The van der Waals surface area contributed by atoms with Gasteiger partial charge in [-0.3, -0.25) is 19.7 Å². The average Bonchev–Trinajstić information content (AvgIpc) is 2.83. The van der Waals surface area contributed by atoms with Crippen LogP contribution in [0.5, 0.6) is 5.75 Å². The number of para-hydroxylation sites is 1. The van der Waals surface area contributed by atoms with Crippen LogP contribution in [0.25, 0.3) is 6.08 Å². The third-order valence-electron chi connectivity index (χ3n) is 4.61. The number of Topliss-reactive ketones (excluding diaryl/α,β-unsaturated/α-hetero) is 1. The third-order valence-corrected chi connectivity index (χ3v) is 4.61. The maximum Gasteiger partial charge on any atom is 0.343 e. The first-order valence-corrected chi connectivity index (χ1v) is 9.88. The monoisotopic (exact) mass is 455 g/mol. The van der Waals surface area contributed by atoms with E-state index >= 15 is 0 Å². The Labute approximate surface area is 194 Å². The van der Waals surface area contributed by atoms with Crippen LogP contribution in [0.2, 0.25) is 0 Å². The fraction of sp³-hybridized carbons (Fsp3) is 0.0400. The van der Waals surface area contributed by atoms with Crippen LogP contribution in [-0.2, 0) is 4.79 Å². The highest BCUT2D eigenvalue weighted by molar-refractivity contribution is 6.12. The number of ether oxygens (including phenoxy) is 1. The minimum absolute atomic E-state index is 0.0208. The zero-order valence-corrected chi connectivity index (χ0v) is 17.8. The Morgan fingerprint density at radius 1 is 1.03 bits per heavy atom. The number of nitro groups is 1. The average molecular weight is 455 g/mol. The predicted octanol–water partition coefficient (Wildman–Crippen LogP) is 4.56. The maximum absolute atomic E-state index is 12.5. The second-order valence-electron chi connectivity index (χ2n) is 6.99. The van der Waals surface area contributed by atoms with Crippen LogP contribution in [0.3, 0.4) is 0 Å². The van der Waals surface area contributed by atoms with Gasteiger partial charge in [-0.05, 0) is 48.9 Å². The zero-order valence-electron chi connectivity index (χ0n) is 17.8. The van der Waals surface area contributed by atoms with E-state index in [1.165, 1.54) is 55.5 Å². The van der Waals surface area contributed by atoms with E-state index in [-0.39, 0.29) is 28.4 Å². The first-order chi connectivity index (χ1) is 16.3. The number of esters is 1. The number of nitrogens with zero attached hydrogens (tertiary/aromatic N) is 2. The number of nitro benzene ring substituents is 1. The SMILES string of the molecule is CC(=O)c1ccccc1NC(=O)/C(C#N)=C\c1ccc(OC(=O)c2cccc([N+](=O)[O-])c2)cc1. The van der Waals surface area contributed by atoms with Gasteiger partial charge in [0.1, 0.15) is 17.4 Å². The molecule has 0 aliphatic carbocycles. The molecule has 9 heteroatoms. The number of anilines is 1. The van der Waals surface area contributed by atoms with Gasteiger partial charge in [-0.2, -0.15) is 5.26 Å². The number of benzene rings is 3. The lowest BCUT2D eigenvalue weighted by Gasteiger charge is -2.08. The largest absolute Gasteiger partial charge is 0.423 e. The van der Waals surface area contributed by atoms with Gasteiger partial charge in [0.2, 0.25) is 0 Å². The summed E-state index contributed by atoms with van der Waals surface area (Å²) < 4.78 is 5.23. The lowest BCUT2D eigenvalue weighted by atomic mass is 10.1. The first-order valence-electron chi connectivity index (χ1n) is 9.88. The van der Waals surface area contributed by atoms with Crippen molar-refractivity contribution in [2.75, 3.05) is 5.32 Å². The summed E-state index contributed by atoms with van der Waals surface area (Å²) in [4.78, 5) is 46.8. The summed E-state index contributed by atoms with van der Waals surface area (Å²) >= 11 is 0. The molecule has 0 aliphatic rings. The Balaban J connectivity index is 1.72. The fourth-order valence-corrected chi connectivity index (χ4v) is 2.95. The number of nitriles is 1. The highest BCUT2D eigenvalue weighted by atomic mass is 16.6. The van der Waals surface area contributed by atoms with Crippen LogP contribution in [0.1, 0.15) is 33.2 Å². The van der Waals surface area contributed by atoms with E-state index in [0.29, 0.717) is 16.8 Å². The molecule has 0 saturated carbocycles. The Morgan fingerprint density at radius 3 is 2.38 bits per heavy atom.